The lowest BCUT2D eigenvalue weighted by Gasteiger charge is -2.07. The van der Waals surface area contributed by atoms with Gasteiger partial charge in [0, 0.05) is 4.47 Å². The fourth-order valence-corrected chi connectivity index (χ4v) is 3.53. The van der Waals surface area contributed by atoms with Crippen molar-refractivity contribution < 1.29 is 18.5 Å². The Hall–Kier alpha value is -1.53. The zero-order valence-electron chi connectivity index (χ0n) is 10.2. The van der Waals surface area contributed by atoms with E-state index < -0.39 is 22.6 Å². The lowest BCUT2D eigenvalue weighted by Crippen LogP contribution is -2.06. The van der Waals surface area contributed by atoms with E-state index in [2.05, 4.69) is 15.9 Å². The quantitative estimate of drug-likeness (QED) is 0.910. The maximum absolute atomic E-state index is 13.1. The Labute approximate surface area is 126 Å². The van der Waals surface area contributed by atoms with Gasteiger partial charge in [-0.25, -0.2) is 9.18 Å². The predicted octanol–water partition coefficient (Wildman–Crippen LogP) is 3.59. The van der Waals surface area contributed by atoms with Gasteiger partial charge in [-0.1, -0.05) is 28.1 Å². The van der Waals surface area contributed by atoms with Gasteiger partial charge >= 0.3 is 5.97 Å². The number of hydrogen-bond acceptors (Lipinski definition) is 2. The molecule has 0 aliphatic heterocycles. The highest BCUT2D eigenvalue weighted by Gasteiger charge is 2.16. The molecule has 0 fully saturated rings. The van der Waals surface area contributed by atoms with Crippen LogP contribution in [-0.4, -0.2) is 15.3 Å². The van der Waals surface area contributed by atoms with E-state index in [1.807, 2.05) is 0 Å². The van der Waals surface area contributed by atoms with E-state index in [0.717, 1.165) is 0 Å². The molecule has 0 heterocycles. The molecule has 2 aromatic carbocycles. The van der Waals surface area contributed by atoms with E-state index in [1.165, 1.54) is 30.3 Å². The summed E-state index contributed by atoms with van der Waals surface area (Å²) in [5.74, 6) is -1.48. The monoisotopic (exact) mass is 356 g/mol. The minimum absolute atomic E-state index is 0.0112. The number of benzene rings is 2. The van der Waals surface area contributed by atoms with Crippen LogP contribution in [-0.2, 0) is 16.6 Å². The maximum atomic E-state index is 13.1. The van der Waals surface area contributed by atoms with Crippen molar-refractivity contribution in [3.8, 4) is 0 Å². The van der Waals surface area contributed by atoms with Gasteiger partial charge in [-0.05, 0) is 35.9 Å². The Balaban J connectivity index is 2.34. The summed E-state index contributed by atoms with van der Waals surface area (Å²) in [7, 11) is -1.56. The Morgan fingerprint density at radius 1 is 1.25 bits per heavy atom. The molecule has 0 amide bonds. The number of carbonyl (C=O) groups is 1. The van der Waals surface area contributed by atoms with Crippen LogP contribution in [0.3, 0.4) is 0 Å². The van der Waals surface area contributed by atoms with Gasteiger partial charge in [0.25, 0.3) is 0 Å². The lowest BCUT2D eigenvalue weighted by atomic mass is 10.2. The summed E-state index contributed by atoms with van der Waals surface area (Å²) >= 11 is 3.22. The number of halogens is 2. The average Bonchev–Trinajstić information content (AvgIpc) is 2.38. The van der Waals surface area contributed by atoms with Gasteiger partial charge in [0.05, 0.1) is 27.0 Å². The Bertz CT molecular complexity index is 688. The van der Waals surface area contributed by atoms with Crippen molar-refractivity contribution in [3.05, 3.63) is 63.9 Å². The van der Waals surface area contributed by atoms with Gasteiger partial charge in [-0.3, -0.25) is 4.21 Å². The molecule has 1 atom stereocenters. The van der Waals surface area contributed by atoms with Crippen LogP contribution >= 0.6 is 15.9 Å². The largest absolute Gasteiger partial charge is 0.478 e. The standard InChI is InChI=1S/C14H10BrFO3S/c15-10-4-5-12(14(17)18)13(7-10)20(19)8-9-2-1-3-11(16)6-9/h1-7H,8H2,(H,17,18). The van der Waals surface area contributed by atoms with Crippen molar-refractivity contribution in [1.82, 2.24) is 0 Å². The normalized spacial score (nSPS) is 12.1. The summed E-state index contributed by atoms with van der Waals surface area (Å²) in [4.78, 5) is 11.4. The molecule has 2 aromatic rings. The number of carboxylic acids is 1. The molecular weight excluding hydrogens is 347 g/mol. The van der Waals surface area contributed by atoms with Crippen LogP contribution in [0.1, 0.15) is 15.9 Å². The second-order valence-corrected chi connectivity index (χ2v) is 6.40. The summed E-state index contributed by atoms with van der Waals surface area (Å²) in [6, 6.07) is 10.3. The second-order valence-electron chi connectivity index (χ2n) is 4.07. The molecule has 0 bridgehead atoms. The topological polar surface area (TPSA) is 54.4 Å². The first-order valence-corrected chi connectivity index (χ1v) is 7.74. The van der Waals surface area contributed by atoms with Crippen molar-refractivity contribution in [2.45, 2.75) is 10.6 Å². The van der Waals surface area contributed by atoms with Crippen molar-refractivity contribution in [2.75, 3.05) is 0 Å². The minimum atomic E-state index is -1.56. The molecule has 1 N–H and O–H groups in total. The number of hydrogen-bond donors (Lipinski definition) is 1. The van der Waals surface area contributed by atoms with Crippen molar-refractivity contribution in [2.24, 2.45) is 0 Å². The first-order chi connectivity index (χ1) is 9.47. The smallest absolute Gasteiger partial charge is 0.336 e. The third-order valence-corrected chi connectivity index (χ3v) is 4.52. The third-order valence-electron chi connectivity index (χ3n) is 2.61. The molecule has 104 valence electrons. The van der Waals surface area contributed by atoms with E-state index in [9.17, 15) is 13.4 Å². The SMILES string of the molecule is O=C(O)c1ccc(Br)cc1S(=O)Cc1cccc(F)c1. The van der Waals surface area contributed by atoms with Gasteiger partial charge in [0.15, 0.2) is 0 Å². The highest BCUT2D eigenvalue weighted by Crippen LogP contribution is 2.22. The number of carboxylic acid groups (broad SMARTS) is 1. The molecule has 0 saturated heterocycles. The molecule has 0 saturated carbocycles. The molecule has 0 aliphatic carbocycles. The van der Waals surface area contributed by atoms with Crippen LogP contribution in [0, 0.1) is 5.82 Å². The van der Waals surface area contributed by atoms with Crippen LogP contribution in [0.15, 0.2) is 51.8 Å². The van der Waals surface area contributed by atoms with Gasteiger partial charge in [0.1, 0.15) is 5.82 Å². The predicted molar refractivity (Wildman–Crippen MR) is 77.6 cm³/mol. The summed E-state index contributed by atoms with van der Waals surface area (Å²) < 4.78 is 26.0. The fourth-order valence-electron chi connectivity index (χ4n) is 1.72. The van der Waals surface area contributed by atoms with Crippen LogP contribution in [0.25, 0.3) is 0 Å². The van der Waals surface area contributed by atoms with Crippen LogP contribution in [0.4, 0.5) is 4.39 Å². The highest BCUT2D eigenvalue weighted by molar-refractivity contribution is 9.10. The Kier molecular flexibility index (Phi) is 4.67. The molecular formula is C14H10BrFO3S. The first-order valence-electron chi connectivity index (χ1n) is 5.63. The first kappa shape index (κ1) is 14.9. The third kappa shape index (κ3) is 3.52. The maximum Gasteiger partial charge on any atom is 0.336 e. The summed E-state index contributed by atoms with van der Waals surface area (Å²) in [5, 5.41) is 9.11. The zero-order valence-corrected chi connectivity index (χ0v) is 12.6. The van der Waals surface area contributed by atoms with Crippen LogP contribution in [0.2, 0.25) is 0 Å². The molecule has 0 aromatic heterocycles. The van der Waals surface area contributed by atoms with E-state index in [1.54, 1.807) is 12.1 Å². The summed E-state index contributed by atoms with van der Waals surface area (Å²) in [6.07, 6.45) is 0. The number of aromatic carboxylic acids is 1. The number of rotatable bonds is 4. The van der Waals surface area contributed by atoms with Crippen LogP contribution < -0.4 is 0 Å². The molecule has 6 heteroatoms. The summed E-state index contributed by atoms with van der Waals surface area (Å²) in [5.41, 5.74) is 0.544. The van der Waals surface area contributed by atoms with Crippen molar-refractivity contribution >= 4 is 32.7 Å². The van der Waals surface area contributed by atoms with Gasteiger partial charge < -0.3 is 5.11 Å². The molecule has 2 rings (SSSR count). The fraction of sp³-hybridized carbons (Fsp3) is 0.0714. The van der Waals surface area contributed by atoms with E-state index in [-0.39, 0.29) is 16.2 Å². The van der Waals surface area contributed by atoms with Gasteiger partial charge in [-0.15, -0.1) is 0 Å². The second kappa shape index (κ2) is 6.28. The highest BCUT2D eigenvalue weighted by atomic mass is 79.9. The zero-order chi connectivity index (χ0) is 14.7. The van der Waals surface area contributed by atoms with E-state index in [4.69, 9.17) is 5.11 Å². The van der Waals surface area contributed by atoms with E-state index in [0.29, 0.717) is 10.0 Å². The molecule has 0 spiro atoms. The molecule has 0 aliphatic rings. The van der Waals surface area contributed by atoms with Gasteiger partial charge in [-0.2, -0.15) is 0 Å². The van der Waals surface area contributed by atoms with Crippen molar-refractivity contribution in [3.63, 3.8) is 0 Å². The lowest BCUT2D eigenvalue weighted by molar-refractivity contribution is 0.0693. The molecule has 1 unspecified atom stereocenters. The Morgan fingerprint density at radius 3 is 2.65 bits per heavy atom. The Morgan fingerprint density at radius 2 is 2.00 bits per heavy atom. The molecule has 0 radical (unpaired) electrons. The molecule has 20 heavy (non-hydrogen) atoms. The average molecular weight is 357 g/mol. The van der Waals surface area contributed by atoms with Crippen LogP contribution in [0.5, 0.6) is 0 Å². The summed E-state index contributed by atoms with van der Waals surface area (Å²) in [6.45, 7) is 0. The minimum Gasteiger partial charge on any atom is -0.478 e. The van der Waals surface area contributed by atoms with Crippen molar-refractivity contribution in [1.29, 1.82) is 0 Å². The van der Waals surface area contributed by atoms with Gasteiger partial charge in [0.2, 0.25) is 0 Å². The van der Waals surface area contributed by atoms with E-state index >= 15 is 0 Å². The molecule has 3 nitrogen and oxygen atoms in total.